The van der Waals surface area contributed by atoms with E-state index in [9.17, 15) is 17.6 Å². The second-order valence-electron chi connectivity index (χ2n) is 6.00. The number of nitrogens with one attached hydrogen (secondary N) is 1. The van der Waals surface area contributed by atoms with Crippen LogP contribution in [0, 0.1) is 5.82 Å². The molecule has 1 unspecified atom stereocenters. The maximum Gasteiger partial charge on any atom is 0.220 e. The average Bonchev–Trinajstić information content (AvgIpc) is 2.58. The van der Waals surface area contributed by atoms with Crippen molar-refractivity contribution in [2.45, 2.75) is 37.1 Å². The Kier molecular flexibility index (Phi) is 6.31. The first-order chi connectivity index (χ1) is 11.8. The molecule has 0 saturated heterocycles. The number of carbonyl (C=O) groups is 1. The minimum atomic E-state index is -3.23. The van der Waals surface area contributed by atoms with Crippen molar-refractivity contribution in [3.05, 3.63) is 65.5 Å². The number of rotatable bonds is 7. The van der Waals surface area contributed by atoms with Crippen molar-refractivity contribution in [1.29, 1.82) is 0 Å². The average molecular weight is 363 g/mol. The molecule has 2 aromatic rings. The molecule has 0 spiro atoms. The first-order valence-corrected chi connectivity index (χ1v) is 10.0. The monoisotopic (exact) mass is 363 g/mol. The van der Waals surface area contributed by atoms with Crippen molar-refractivity contribution >= 4 is 15.7 Å². The van der Waals surface area contributed by atoms with Crippen LogP contribution >= 0.6 is 0 Å². The third-order valence-corrected chi connectivity index (χ3v) is 5.14. The van der Waals surface area contributed by atoms with E-state index in [0.717, 1.165) is 17.4 Å². The Morgan fingerprint density at radius 3 is 2.20 bits per heavy atom. The van der Waals surface area contributed by atoms with Gasteiger partial charge >= 0.3 is 0 Å². The summed E-state index contributed by atoms with van der Waals surface area (Å²) in [6, 6.07) is 12.5. The number of amides is 1. The maximum atomic E-state index is 12.9. The Balaban J connectivity index is 1.96. The zero-order chi connectivity index (χ0) is 18.4. The molecule has 0 aliphatic carbocycles. The summed E-state index contributed by atoms with van der Waals surface area (Å²) in [7, 11) is -3.23. The smallest absolute Gasteiger partial charge is 0.220 e. The second-order valence-corrected chi connectivity index (χ2v) is 8.01. The molecule has 25 heavy (non-hydrogen) atoms. The summed E-state index contributed by atoms with van der Waals surface area (Å²) in [5.41, 5.74) is 1.77. The minimum Gasteiger partial charge on any atom is -0.349 e. The van der Waals surface area contributed by atoms with E-state index in [1.165, 1.54) is 12.1 Å². The van der Waals surface area contributed by atoms with Crippen LogP contribution in [-0.2, 0) is 21.1 Å². The topological polar surface area (TPSA) is 63.2 Å². The molecule has 1 atom stereocenters. The molecule has 2 rings (SSSR count). The predicted molar refractivity (Wildman–Crippen MR) is 95.4 cm³/mol. The van der Waals surface area contributed by atoms with Crippen LogP contribution in [0.1, 0.15) is 36.9 Å². The van der Waals surface area contributed by atoms with E-state index in [2.05, 4.69) is 5.32 Å². The summed E-state index contributed by atoms with van der Waals surface area (Å²) in [6.45, 7) is 1.95. The molecule has 4 nitrogen and oxygen atoms in total. The number of carbonyl (C=O) groups excluding carboxylic acids is 1. The highest BCUT2D eigenvalue weighted by molar-refractivity contribution is 7.90. The molecule has 134 valence electrons. The van der Waals surface area contributed by atoms with Crippen LogP contribution in [0.25, 0.3) is 0 Å². The van der Waals surface area contributed by atoms with Crippen LogP contribution < -0.4 is 5.32 Å². The first-order valence-electron chi connectivity index (χ1n) is 8.13. The lowest BCUT2D eigenvalue weighted by atomic mass is 10.0. The molecule has 1 N–H and O–H groups in total. The molecule has 0 aromatic heterocycles. The van der Waals surface area contributed by atoms with Crippen LogP contribution in [0.4, 0.5) is 4.39 Å². The number of halogens is 1. The molecule has 0 saturated carbocycles. The fourth-order valence-corrected chi connectivity index (χ4v) is 3.17. The normalized spacial score (nSPS) is 12.6. The molecule has 0 aliphatic rings. The third-order valence-electron chi connectivity index (χ3n) is 4.01. The van der Waals surface area contributed by atoms with E-state index < -0.39 is 9.84 Å². The van der Waals surface area contributed by atoms with E-state index in [1.54, 1.807) is 36.4 Å². The lowest BCUT2D eigenvalue weighted by molar-refractivity contribution is -0.121. The molecule has 6 heteroatoms. The Morgan fingerprint density at radius 1 is 1.08 bits per heavy atom. The number of aryl methyl sites for hydroxylation is 1. The van der Waals surface area contributed by atoms with Gasteiger partial charge in [0.05, 0.1) is 10.9 Å². The van der Waals surface area contributed by atoms with Gasteiger partial charge in [-0.3, -0.25) is 4.79 Å². The Bertz CT molecular complexity index is 815. The van der Waals surface area contributed by atoms with Gasteiger partial charge in [0.2, 0.25) is 5.91 Å². The number of benzene rings is 2. The van der Waals surface area contributed by atoms with Gasteiger partial charge in [-0.1, -0.05) is 31.2 Å². The van der Waals surface area contributed by atoms with Gasteiger partial charge in [-0.2, -0.15) is 0 Å². The quantitative estimate of drug-likeness (QED) is 0.820. The van der Waals surface area contributed by atoms with Crippen LogP contribution in [-0.4, -0.2) is 20.6 Å². The molecular formula is C19H22FNO3S. The molecule has 0 fully saturated rings. The lowest BCUT2D eigenvalue weighted by Gasteiger charge is -2.18. The SMILES string of the molecule is CCC(NC(=O)CCc1ccc(F)cc1)c1ccc(S(C)(=O)=O)cc1. The van der Waals surface area contributed by atoms with Gasteiger partial charge in [-0.25, -0.2) is 12.8 Å². The van der Waals surface area contributed by atoms with E-state index in [1.807, 2.05) is 6.92 Å². The molecule has 1 amide bonds. The summed E-state index contributed by atoms with van der Waals surface area (Å²) < 4.78 is 35.9. The molecule has 2 aromatic carbocycles. The minimum absolute atomic E-state index is 0.0941. The van der Waals surface area contributed by atoms with Crippen LogP contribution in [0.5, 0.6) is 0 Å². The van der Waals surface area contributed by atoms with Gasteiger partial charge in [-0.15, -0.1) is 0 Å². The highest BCUT2D eigenvalue weighted by Crippen LogP contribution is 2.19. The van der Waals surface area contributed by atoms with Gasteiger partial charge in [0.1, 0.15) is 5.82 Å². The Morgan fingerprint density at radius 2 is 1.68 bits per heavy atom. The largest absolute Gasteiger partial charge is 0.349 e. The molecule has 0 aliphatic heterocycles. The van der Waals surface area contributed by atoms with Crippen molar-refractivity contribution in [2.24, 2.45) is 0 Å². The zero-order valence-corrected chi connectivity index (χ0v) is 15.1. The van der Waals surface area contributed by atoms with E-state index in [0.29, 0.717) is 19.3 Å². The Labute approximate surface area is 148 Å². The van der Waals surface area contributed by atoms with Gasteiger partial charge in [0.25, 0.3) is 0 Å². The summed E-state index contributed by atoms with van der Waals surface area (Å²) >= 11 is 0. The third kappa shape index (κ3) is 5.67. The summed E-state index contributed by atoms with van der Waals surface area (Å²) in [5.74, 6) is -0.389. The summed E-state index contributed by atoms with van der Waals surface area (Å²) in [5, 5.41) is 2.96. The van der Waals surface area contributed by atoms with Crippen LogP contribution in [0.15, 0.2) is 53.4 Å². The van der Waals surface area contributed by atoms with Gasteiger partial charge in [0.15, 0.2) is 9.84 Å². The first kappa shape index (κ1) is 19.1. The van der Waals surface area contributed by atoms with E-state index >= 15 is 0 Å². The van der Waals surface area contributed by atoms with E-state index in [-0.39, 0.29) is 22.7 Å². The standard InChI is InChI=1S/C19H22FNO3S/c1-3-18(15-7-11-17(12-8-15)25(2,23)24)21-19(22)13-6-14-4-9-16(20)10-5-14/h4-5,7-12,18H,3,6,13H2,1-2H3,(H,21,22). The highest BCUT2D eigenvalue weighted by Gasteiger charge is 2.14. The molecule has 0 bridgehead atoms. The molecule has 0 radical (unpaired) electrons. The highest BCUT2D eigenvalue weighted by atomic mass is 32.2. The van der Waals surface area contributed by atoms with Crippen molar-refractivity contribution in [3.63, 3.8) is 0 Å². The zero-order valence-electron chi connectivity index (χ0n) is 14.3. The summed E-state index contributed by atoms with van der Waals surface area (Å²) in [4.78, 5) is 12.4. The van der Waals surface area contributed by atoms with Crippen LogP contribution in [0.3, 0.4) is 0 Å². The Hall–Kier alpha value is -2.21. The van der Waals surface area contributed by atoms with Gasteiger partial charge in [0, 0.05) is 12.7 Å². The molecule has 0 heterocycles. The molecular weight excluding hydrogens is 341 g/mol. The number of sulfone groups is 1. The number of hydrogen-bond acceptors (Lipinski definition) is 3. The summed E-state index contributed by atoms with van der Waals surface area (Å²) in [6.07, 6.45) is 2.70. The van der Waals surface area contributed by atoms with E-state index in [4.69, 9.17) is 0 Å². The lowest BCUT2D eigenvalue weighted by Crippen LogP contribution is -2.28. The van der Waals surface area contributed by atoms with Crippen molar-refractivity contribution in [3.8, 4) is 0 Å². The van der Waals surface area contributed by atoms with Crippen LogP contribution in [0.2, 0.25) is 0 Å². The number of hydrogen-bond donors (Lipinski definition) is 1. The van der Waals surface area contributed by atoms with Gasteiger partial charge < -0.3 is 5.32 Å². The maximum absolute atomic E-state index is 12.9. The van der Waals surface area contributed by atoms with Crippen molar-refractivity contribution < 1.29 is 17.6 Å². The second kappa shape index (κ2) is 8.25. The fourth-order valence-electron chi connectivity index (χ4n) is 2.54. The van der Waals surface area contributed by atoms with Crippen molar-refractivity contribution in [1.82, 2.24) is 5.32 Å². The van der Waals surface area contributed by atoms with Gasteiger partial charge in [-0.05, 0) is 48.2 Å². The fraction of sp³-hybridized carbons (Fsp3) is 0.316. The predicted octanol–water partition coefficient (Wildman–Crippen LogP) is 3.43. The van der Waals surface area contributed by atoms with Crippen molar-refractivity contribution in [2.75, 3.05) is 6.26 Å².